The van der Waals surface area contributed by atoms with Crippen LogP contribution in [-0.2, 0) is 0 Å². The van der Waals surface area contributed by atoms with Gasteiger partial charge in [-0.2, -0.15) is 0 Å². The van der Waals surface area contributed by atoms with Crippen molar-refractivity contribution in [2.75, 3.05) is 0 Å². The van der Waals surface area contributed by atoms with Gasteiger partial charge < -0.3 is 0 Å². The van der Waals surface area contributed by atoms with E-state index in [0.717, 1.165) is 11.1 Å². The minimum absolute atomic E-state index is 1.09. The molecular formula is C12H10N2. The maximum atomic E-state index is 4.03. The number of rotatable bonds is 2. The van der Waals surface area contributed by atoms with Crippen molar-refractivity contribution in [1.82, 2.24) is 9.97 Å². The fourth-order valence-electron chi connectivity index (χ4n) is 1.14. The minimum Gasteiger partial charge on any atom is -0.264 e. The summed E-state index contributed by atoms with van der Waals surface area (Å²) in [6.45, 7) is 0. The molecule has 0 spiro atoms. The Bertz CT molecular complexity index is 365. The zero-order chi connectivity index (χ0) is 9.64. The Morgan fingerprint density at radius 2 is 1.29 bits per heavy atom. The molecule has 0 saturated heterocycles. The van der Waals surface area contributed by atoms with Gasteiger partial charge in [0.05, 0.1) is 0 Å². The normalized spacial score (nSPS) is 10.6. The summed E-state index contributed by atoms with van der Waals surface area (Å²) in [6.07, 6.45) is 11.2. The third kappa shape index (κ3) is 2.26. The molecule has 0 aliphatic rings. The Hall–Kier alpha value is -1.96. The van der Waals surface area contributed by atoms with Crippen LogP contribution in [0.3, 0.4) is 0 Å². The van der Waals surface area contributed by atoms with Crippen molar-refractivity contribution < 1.29 is 0 Å². The zero-order valence-electron chi connectivity index (χ0n) is 7.67. The Morgan fingerprint density at radius 3 is 1.64 bits per heavy atom. The summed E-state index contributed by atoms with van der Waals surface area (Å²) in [5, 5.41) is 0. The van der Waals surface area contributed by atoms with Crippen LogP contribution in [0.25, 0.3) is 12.2 Å². The van der Waals surface area contributed by atoms with Gasteiger partial charge in [0.2, 0.25) is 0 Å². The number of nitrogens with zero attached hydrogens (tertiary/aromatic N) is 2. The molecule has 2 heteroatoms. The minimum atomic E-state index is 1.09. The van der Waals surface area contributed by atoms with E-state index in [4.69, 9.17) is 0 Å². The first-order valence-electron chi connectivity index (χ1n) is 4.43. The highest BCUT2D eigenvalue weighted by Crippen LogP contribution is 2.04. The molecule has 0 radical (unpaired) electrons. The molecule has 0 aromatic carbocycles. The molecule has 0 fully saturated rings. The molecule has 2 heterocycles. The van der Waals surface area contributed by atoms with Crippen molar-refractivity contribution in [3.63, 3.8) is 0 Å². The smallest absolute Gasteiger partial charge is 0.0340 e. The molecule has 0 saturated carbocycles. The predicted molar refractivity (Wildman–Crippen MR) is 57.4 cm³/mol. The lowest BCUT2D eigenvalue weighted by molar-refractivity contribution is 1.31. The van der Waals surface area contributed by atoms with E-state index in [2.05, 4.69) is 9.97 Å². The van der Waals surface area contributed by atoms with Gasteiger partial charge in [0.15, 0.2) is 0 Å². The van der Waals surface area contributed by atoms with Gasteiger partial charge in [0.25, 0.3) is 0 Å². The molecule has 2 aromatic rings. The van der Waals surface area contributed by atoms with Crippen LogP contribution < -0.4 is 0 Å². The molecule has 0 atom stereocenters. The molecule has 0 aliphatic heterocycles. The van der Waals surface area contributed by atoms with Gasteiger partial charge in [-0.3, -0.25) is 9.97 Å². The topological polar surface area (TPSA) is 25.8 Å². The van der Waals surface area contributed by atoms with E-state index in [1.54, 1.807) is 12.4 Å². The zero-order valence-corrected chi connectivity index (χ0v) is 7.67. The average Bonchev–Trinajstić information content (AvgIpc) is 2.29. The molecule has 0 aliphatic carbocycles. The van der Waals surface area contributed by atoms with Crippen LogP contribution in [0.2, 0.25) is 0 Å². The third-order valence-corrected chi connectivity index (χ3v) is 1.84. The van der Waals surface area contributed by atoms with Crippen LogP contribution in [0.4, 0.5) is 0 Å². The van der Waals surface area contributed by atoms with E-state index in [0.29, 0.717) is 0 Å². The van der Waals surface area contributed by atoms with Crippen LogP contribution in [0, 0.1) is 0 Å². The van der Waals surface area contributed by atoms with Gasteiger partial charge >= 0.3 is 0 Å². The Kier molecular flexibility index (Phi) is 2.67. The maximum absolute atomic E-state index is 4.03. The van der Waals surface area contributed by atoms with Gasteiger partial charge in [-0.15, -0.1) is 0 Å². The Morgan fingerprint density at radius 1 is 0.786 bits per heavy atom. The van der Waals surface area contributed by atoms with E-state index >= 15 is 0 Å². The van der Waals surface area contributed by atoms with Crippen molar-refractivity contribution in [3.8, 4) is 0 Å². The molecule has 2 aromatic heterocycles. The summed E-state index contributed by atoms with van der Waals surface area (Å²) in [6, 6.07) is 7.87. The predicted octanol–water partition coefficient (Wildman–Crippen LogP) is 2.65. The maximum Gasteiger partial charge on any atom is 0.0340 e. The van der Waals surface area contributed by atoms with Gasteiger partial charge in [-0.05, 0) is 23.3 Å². The fraction of sp³-hybridized carbons (Fsp3) is 0. The monoisotopic (exact) mass is 182 g/mol. The lowest BCUT2D eigenvalue weighted by Gasteiger charge is -1.91. The second kappa shape index (κ2) is 4.33. The van der Waals surface area contributed by atoms with Crippen molar-refractivity contribution in [3.05, 3.63) is 60.2 Å². The molecule has 2 rings (SSSR count). The second-order valence-corrected chi connectivity index (χ2v) is 2.91. The molecular weight excluding hydrogens is 172 g/mol. The summed E-state index contributed by atoms with van der Waals surface area (Å²) < 4.78 is 0. The van der Waals surface area contributed by atoms with Gasteiger partial charge in [0.1, 0.15) is 0 Å². The molecule has 2 nitrogen and oxygen atoms in total. The van der Waals surface area contributed by atoms with Crippen LogP contribution in [0.15, 0.2) is 49.1 Å². The molecule has 0 bridgehead atoms. The van der Waals surface area contributed by atoms with Crippen LogP contribution >= 0.6 is 0 Å². The SMILES string of the molecule is C(=C\c1cccnc1)/c1cccnc1. The molecule has 0 unspecified atom stereocenters. The average molecular weight is 182 g/mol. The largest absolute Gasteiger partial charge is 0.264 e. The highest BCUT2D eigenvalue weighted by Gasteiger charge is 1.85. The highest BCUT2D eigenvalue weighted by atomic mass is 14.6. The Labute approximate surface area is 83.0 Å². The fourth-order valence-corrected chi connectivity index (χ4v) is 1.14. The number of pyridine rings is 2. The number of aromatic nitrogens is 2. The first-order chi connectivity index (χ1) is 6.95. The molecule has 68 valence electrons. The van der Waals surface area contributed by atoms with Crippen molar-refractivity contribution in [2.24, 2.45) is 0 Å². The standard InChI is InChI=1S/C12H10N2/c1-3-11(9-13-7-1)5-6-12-4-2-8-14-10-12/h1-10H/b6-5+. The number of hydrogen-bond donors (Lipinski definition) is 0. The summed E-state index contributed by atoms with van der Waals surface area (Å²) >= 11 is 0. The third-order valence-electron chi connectivity index (χ3n) is 1.84. The first-order valence-corrected chi connectivity index (χ1v) is 4.43. The van der Waals surface area contributed by atoms with E-state index in [1.807, 2.05) is 48.8 Å². The van der Waals surface area contributed by atoms with Crippen LogP contribution in [0.1, 0.15) is 11.1 Å². The summed E-state index contributed by atoms with van der Waals surface area (Å²) in [4.78, 5) is 8.06. The quantitative estimate of drug-likeness (QED) is 0.713. The highest BCUT2D eigenvalue weighted by molar-refractivity contribution is 5.68. The molecule has 0 amide bonds. The number of hydrogen-bond acceptors (Lipinski definition) is 2. The lowest BCUT2D eigenvalue weighted by atomic mass is 10.2. The summed E-state index contributed by atoms with van der Waals surface area (Å²) in [7, 11) is 0. The van der Waals surface area contributed by atoms with Crippen molar-refractivity contribution in [2.45, 2.75) is 0 Å². The van der Waals surface area contributed by atoms with Gasteiger partial charge in [0, 0.05) is 24.8 Å². The van der Waals surface area contributed by atoms with Crippen LogP contribution in [0.5, 0.6) is 0 Å². The van der Waals surface area contributed by atoms with E-state index in [9.17, 15) is 0 Å². The van der Waals surface area contributed by atoms with E-state index in [-0.39, 0.29) is 0 Å². The molecule has 14 heavy (non-hydrogen) atoms. The van der Waals surface area contributed by atoms with Crippen molar-refractivity contribution >= 4 is 12.2 Å². The Balaban J connectivity index is 2.16. The van der Waals surface area contributed by atoms with Gasteiger partial charge in [-0.1, -0.05) is 24.3 Å². The van der Waals surface area contributed by atoms with E-state index < -0.39 is 0 Å². The lowest BCUT2D eigenvalue weighted by Crippen LogP contribution is -1.75. The van der Waals surface area contributed by atoms with Crippen LogP contribution in [-0.4, -0.2) is 9.97 Å². The summed E-state index contributed by atoms with van der Waals surface area (Å²) in [5.41, 5.74) is 2.19. The van der Waals surface area contributed by atoms with E-state index in [1.165, 1.54) is 0 Å². The first kappa shape index (κ1) is 8.63. The van der Waals surface area contributed by atoms with Gasteiger partial charge in [-0.25, -0.2) is 0 Å². The van der Waals surface area contributed by atoms with Crippen molar-refractivity contribution in [1.29, 1.82) is 0 Å². The second-order valence-electron chi connectivity index (χ2n) is 2.91. The molecule has 0 N–H and O–H groups in total. The summed E-state index contributed by atoms with van der Waals surface area (Å²) in [5.74, 6) is 0.